The van der Waals surface area contributed by atoms with E-state index in [1.165, 1.54) is 0 Å². The molecule has 0 aromatic heterocycles. The van der Waals surface area contributed by atoms with Crippen LogP contribution in [0.5, 0.6) is 0 Å². The van der Waals surface area contributed by atoms with Gasteiger partial charge in [0.05, 0.1) is 11.6 Å². The third kappa shape index (κ3) is 2.35. The zero-order chi connectivity index (χ0) is 15.2. The van der Waals surface area contributed by atoms with Crippen LogP contribution in [0.3, 0.4) is 0 Å². The van der Waals surface area contributed by atoms with Gasteiger partial charge in [0.15, 0.2) is 0 Å². The molecule has 0 radical (unpaired) electrons. The average molecular weight is 293 g/mol. The molecule has 3 aliphatic rings. The third-order valence-corrected chi connectivity index (χ3v) is 5.00. The zero-order valence-electron chi connectivity index (χ0n) is 12.7. The molecule has 1 unspecified atom stereocenters. The van der Waals surface area contributed by atoms with Crippen LogP contribution in [0, 0.1) is 5.92 Å². The number of amides is 3. The number of nitrogens with zero attached hydrogens (tertiary/aromatic N) is 2. The van der Waals surface area contributed by atoms with Crippen LogP contribution in [0.1, 0.15) is 39.5 Å². The molecule has 1 spiro atoms. The Bertz CT molecular complexity index is 483. The van der Waals surface area contributed by atoms with Gasteiger partial charge < -0.3 is 4.90 Å². The topological polar surface area (TPSA) is 69.7 Å². The number of nitrogens with one attached hydrogen (secondary N) is 1. The normalized spacial score (nSPS) is 28.9. The second-order valence-electron chi connectivity index (χ2n) is 6.84. The highest BCUT2D eigenvalue weighted by atomic mass is 16.2. The number of likely N-dealkylation sites (tertiary alicyclic amines) is 2. The maximum Gasteiger partial charge on any atom is 0.243 e. The van der Waals surface area contributed by atoms with E-state index in [1.54, 1.807) is 0 Å². The first-order valence-corrected chi connectivity index (χ1v) is 7.82. The summed E-state index contributed by atoms with van der Waals surface area (Å²) in [6.45, 7) is 6.23. The number of carbonyl (C=O) groups is 3. The van der Waals surface area contributed by atoms with Gasteiger partial charge in [-0.05, 0) is 19.3 Å². The average Bonchev–Trinajstić information content (AvgIpc) is 2.81. The lowest BCUT2D eigenvalue weighted by Gasteiger charge is -2.55. The van der Waals surface area contributed by atoms with Gasteiger partial charge in [0, 0.05) is 32.0 Å². The van der Waals surface area contributed by atoms with Crippen molar-refractivity contribution in [1.29, 1.82) is 0 Å². The van der Waals surface area contributed by atoms with Crippen LogP contribution in [0.15, 0.2) is 0 Å². The summed E-state index contributed by atoms with van der Waals surface area (Å²) in [4.78, 5) is 39.6. The Morgan fingerprint density at radius 3 is 2.67 bits per heavy atom. The van der Waals surface area contributed by atoms with Gasteiger partial charge >= 0.3 is 0 Å². The van der Waals surface area contributed by atoms with Crippen molar-refractivity contribution in [2.45, 2.75) is 51.1 Å². The van der Waals surface area contributed by atoms with Crippen molar-refractivity contribution < 1.29 is 14.4 Å². The van der Waals surface area contributed by atoms with E-state index in [0.717, 1.165) is 32.5 Å². The first kappa shape index (κ1) is 14.5. The number of hydrogen-bond acceptors (Lipinski definition) is 4. The van der Waals surface area contributed by atoms with E-state index >= 15 is 0 Å². The molecule has 3 aliphatic heterocycles. The zero-order valence-corrected chi connectivity index (χ0v) is 12.7. The van der Waals surface area contributed by atoms with Crippen molar-refractivity contribution >= 4 is 17.7 Å². The minimum absolute atomic E-state index is 0.0182. The smallest absolute Gasteiger partial charge is 0.243 e. The summed E-state index contributed by atoms with van der Waals surface area (Å²) >= 11 is 0. The molecule has 3 fully saturated rings. The molecule has 21 heavy (non-hydrogen) atoms. The van der Waals surface area contributed by atoms with E-state index in [2.05, 4.69) is 10.2 Å². The molecule has 0 aliphatic carbocycles. The van der Waals surface area contributed by atoms with Crippen molar-refractivity contribution in [2.75, 3.05) is 19.6 Å². The van der Waals surface area contributed by atoms with Crippen LogP contribution in [0.25, 0.3) is 0 Å². The lowest BCUT2D eigenvalue weighted by molar-refractivity contribution is -0.152. The second kappa shape index (κ2) is 5.09. The van der Waals surface area contributed by atoms with Crippen molar-refractivity contribution in [2.24, 2.45) is 5.92 Å². The van der Waals surface area contributed by atoms with Crippen LogP contribution in [0.4, 0.5) is 0 Å². The molecule has 116 valence electrons. The number of piperidine rings is 1. The van der Waals surface area contributed by atoms with Crippen LogP contribution in [-0.4, -0.2) is 58.7 Å². The summed E-state index contributed by atoms with van der Waals surface area (Å²) < 4.78 is 0. The molecule has 6 nitrogen and oxygen atoms in total. The predicted octanol–water partition coefficient (Wildman–Crippen LogP) is 0.124. The van der Waals surface area contributed by atoms with Crippen LogP contribution >= 0.6 is 0 Å². The van der Waals surface area contributed by atoms with Gasteiger partial charge in [0.1, 0.15) is 0 Å². The van der Waals surface area contributed by atoms with Gasteiger partial charge in [-0.2, -0.15) is 0 Å². The van der Waals surface area contributed by atoms with E-state index < -0.39 is 0 Å². The summed E-state index contributed by atoms with van der Waals surface area (Å²) in [6.07, 6.45) is 3.07. The van der Waals surface area contributed by atoms with Gasteiger partial charge in [-0.25, -0.2) is 0 Å². The highest BCUT2D eigenvalue weighted by molar-refractivity contribution is 6.00. The summed E-state index contributed by atoms with van der Waals surface area (Å²) in [5, 5.41) is 2.41. The molecule has 3 saturated heterocycles. The van der Waals surface area contributed by atoms with E-state index in [4.69, 9.17) is 0 Å². The highest BCUT2D eigenvalue weighted by Gasteiger charge is 2.54. The molecule has 0 aromatic rings. The maximum atomic E-state index is 12.3. The Labute approximate surface area is 124 Å². The molecule has 1 N–H and O–H groups in total. The Kier molecular flexibility index (Phi) is 3.51. The van der Waals surface area contributed by atoms with E-state index in [9.17, 15) is 14.4 Å². The van der Waals surface area contributed by atoms with Crippen molar-refractivity contribution in [3.8, 4) is 0 Å². The molecule has 3 amide bonds. The van der Waals surface area contributed by atoms with Crippen LogP contribution < -0.4 is 5.32 Å². The standard InChI is InChI=1S/C15H23N3O3/c1-10(2)14(21)18-7-3-6-15(18)8-17(9-15)11-4-5-12(19)16-13(11)20/h10-11H,3-9H2,1-2H3,(H,16,19,20). The number of imide groups is 1. The van der Waals surface area contributed by atoms with E-state index in [1.807, 2.05) is 18.7 Å². The van der Waals surface area contributed by atoms with E-state index in [-0.39, 0.29) is 35.2 Å². The number of hydrogen-bond donors (Lipinski definition) is 1. The minimum Gasteiger partial charge on any atom is -0.334 e. The Balaban J connectivity index is 1.65. The van der Waals surface area contributed by atoms with Crippen LogP contribution in [0.2, 0.25) is 0 Å². The van der Waals surface area contributed by atoms with Gasteiger partial charge in [-0.15, -0.1) is 0 Å². The summed E-state index contributed by atoms with van der Waals surface area (Å²) in [6, 6.07) is -0.204. The van der Waals surface area contributed by atoms with Gasteiger partial charge in [0.25, 0.3) is 0 Å². The molecule has 0 bridgehead atoms. The number of carbonyl (C=O) groups excluding carboxylic acids is 3. The minimum atomic E-state index is -0.204. The number of rotatable bonds is 2. The summed E-state index contributed by atoms with van der Waals surface area (Å²) in [7, 11) is 0. The maximum absolute atomic E-state index is 12.3. The molecule has 3 heterocycles. The fourth-order valence-electron chi connectivity index (χ4n) is 3.88. The second-order valence-corrected chi connectivity index (χ2v) is 6.84. The van der Waals surface area contributed by atoms with Gasteiger partial charge in [-0.1, -0.05) is 13.8 Å². The van der Waals surface area contributed by atoms with Crippen molar-refractivity contribution in [3.05, 3.63) is 0 Å². The Hall–Kier alpha value is -1.43. The molecule has 6 heteroatoms. The quantitative estimate of drug-likeness (QED) is 0.735. The lowest BCUT2D eigenvalue weighted by atomic mass is 9.83. The molecule has 0 saturated carbocycles. The summed E-state index contributed by atoms with van der Waals surface area (Å²) in [5.41, 5.74) is -0.0664. The Morgan fingerprint density at radius 2 is 2.05 bits per heavy atom. The lowest BCUT2D eigenvalue weighted by Crippen LogP contribution is -2.73. The van der Waals surface area contributed by atoms with Crippen LogP contribution in [-0.2, 0) is 14.4 Å². The summed E-state index contributed by atoms with van der Waals surface area (Å²) in [5.74, 6) is -0.121. The van der Waals surface area contributed by atoms with Crippen molar-refractivity contribution in [3.63, 3.8) is 0 Å². The van der Waals surface area contributed by atoms with Gasteiger partial charge in [-0.3, -0.25) is 24.6 Å². The molecular weight excluding hydrogens is 270 g/mol. The van der Waals surface area contributed by atoms with E-state index in [0.29, 0.717) is 12.8 Å². The SMILES string of the molecule is CC(C)C(=O)N1CCCC12CN(C1CCC(=O)NC1=O)C2. The fourth-order valence-corrected chi connectivity index (χ4v) is 3.88. The highest BCUT2D eigenvalue weighted by Crippen LogP contribution is 2.40. The predicted molar refractivity (Wildman–Crippen MR) is 76.3 cm³/mol. The first-order chi connectivity index (χ1) is 9.93. The fraction of sp³-hybridized carbons (Fsp3) is 0.800. The monoisotopic (exact) mass is 293 g/mol. The molecule has 3 rings (SSSR count). The first-order valence-electron chi connectivity index (χ1n) is 7.82. The largest absolute Gasteiger partial charge is 0.334 e. The van der Waals surface area contributed by atoms with Gasteiger partial charge in [0.2, 0.25) is 17.7 Å². The Morgan fingerprint density at radius 1 is 1.33 bits per heavy atom. The third-order valence-electron chi connectivity index (χ3n) is 5.00. The van der Waals surface area contributed by atoms with Crippen molar-refractivity contribution in [1.82, 2.24) is 15.1 Å². The molecule has 0 aromatic carbocycles. The molecular formula is C15H23N3O3. The molecule has 1 atom stereocenters.